The number of anilines is 3. The van der Waals surface area contributed by atoms with Gasteiger partial charge in [-0.2, -0.15) is 0 Å². The van der Waals surface area contributed by atoms with E-state index in [4.69, 9.17) is 0 Å². The molecule has 1 aliphatic rings. The van der Waals surface area contributed by atoms with Gasteiger partial charge in [-0.25, -0.2) is 19.9 Å². The predicted molar refractivity (Wildman–Crippen MR) is 110 cm³/mol. The van der Waals surface area contributed by atoms with E-state index in [-0.39, 0.29) is 17.8 Å². The third kappa shape index (κ3) is 4.13. The Balaban J connectivity index is 1.78. The molecule has 9 heteroatoms. The summed E-state index contributed by atoms with van der Waals surface area (Å²) in [7, 11) is 3.42. The van der Waals surface area contributed by atoms with Gasteiger partial charge in [0.2, 0.25) is 5.82 Å². The summed E-state index contributed by atoms with van der Waals surface area (Å²) in [4.78, 5) is 33.8. The minimum absolute atomic E-state index is 0.187. The van der Waals surface area contributed by atoms with Gasteiger partial charge in [0.25, 0.3) is 5.91 Å². The molecule has 0 radical (unpaired) electrons. The lowest BCUT2D eigenvalue weighted by Crippen LogP contribution is -2.30. The number of carbonyl (C=O) groups excluding carboxylic acids is 1. The highest BCUT2D eigenvalue weighted by atomic mass is 16.2. The maximum Gasteiger partial charge on any atom is 0.291 e. The first-order valence-electron chi connectivity index (χ1n) is 9.54. The van der Waals surface area contributed by atoms with Crippen LogP contribution in [0, 0.1) is 13.8 Å². The smallest absolute Gasteiger partial charge is 0.291 e. The zero-order valence-corrected chi connectivity index (χ0v) is 17.2. The SMILES string of the molecule is CCNc1nccnc1N[C@@H]1CCN(c2nc(C(=O)N(C)C)nc(C)c2C)C1. The molecule has 28 heavy (non-hydrogen) atoms. The van der Waals surface area contributed by atoms with Crippen molar-refractivity contribution in [2.45, 2.75) is 33.2 Å². The Bertz CT molecular complexity index is 854. The summed E-state index contributed by atoms with van der Waals surface area (Å²) in [6.07, 6.45) is 4.31. The first-order valence-corrected chi connectivity index (χ1v) is 9.54. The van der Waals surface area contributed by atoms with Gasteiger partial charge in [-0.3, -0.25) is 4.79 Å². The van der Waals surface area contributed by atoms with Crippen LogP contribution < -0.4 is 15.5 Å². The number of aryl methyl sites for hydroxylation is 1. The van der Waals surface area contributed by atoms with Crippen LogP contribution in [0.15, 0.2) is 12.4 Å². The second-order valence-corrected chi connectivity index (χ2v) is 7.14. The number of carbonyl (C=O) groups is 1. The summed E-state index contributed by atoms with van der Waals surface area (Å²) in [6, 6.07) is 0.219. The van der Waals surface area contributed by atoms with Crippen molar-refractivity contribution in [1.29, 1.82) is 0 Å². The highest BCUT2D eigenvalue weighted by Crippen LogP contribution is 2.26. The lowest BCUT2D eigenvalue weighted by atomic mass is 10.2. The van der Waals surface area contributed by atoms with Gasteiger partial charge in [-0.1, -0.05) is 0 Å². The Labute approximate surface area is 165 Å². The van der Waals surface area contributed by atoms with E-state index < -0.39 is 0 Å². The fourth-order valence-corrected chi connectivity index (χ4v) is 3.22. The third-order valence-electron chi connectivity index (χ3n) is 4.83. The van der Waals surface area contributed by atoms with Crippen molar-refractivity contribution in [1.82, 2.24) is 24.8 Å². The zero-order chi connectivity index (χ0) is 20.3. The van der Waals surface area contributed by atoms with E-state index in [1.165, 1.54) is 4.90 Å². The topological polar surface area (TPSA) is 99.2 Å². The van der Waals surface area contributed by atoms with Crippen molar-refractivity contribution in [2.75, 3.05) is 49.3 Å². The van der Waals surface area contributed by atoms with Crippen LogP contribution in [0.5, 0.6) is 0 Å². The van der Waals surface area contributed by atoms with Crippen molar-refractivity contribution in [2.24, 2.45) is 0 Å². The molecule has 1 saturated heterocycles. The molecule has 3 rings (SSSR count). The van der Waals surface area contributed by atoms with Crippen LogP contribution in [0.25, 0.3) is 0 Å². The van der Waals surface area contributed by atoms with Gasteiger partial charge in [0.1, 0.15) is 5.82 Å². The molecule has 2 aromatic heterocycles. The summed E-state index contributed by atoms with van der Waals surface area (Å²) in [6.45, 7) is 8.35. The minimum Gasteiger partial charge on any atom is -0.367 e. The molecule has 0 unspecified atom stereocenters. The number of nitrogens with one attached hydrogen (secondary N) is 2. The van der Waals surface area contributed by atoms with E-state index in [1.54, 1.807) is 26.5 Å². The van der Waals surface area contributed by atoms with Crippen LogP contribution in [0.1, 0.15) is 35.2 Å². The van der Waals surface area contributed by atoms with Crippen LogP contribution in [-0.2, 0) is 0 Å². The van der Waals surface area contributed by atoms with Crippen LogP contribution in [0.2, 0.25) is 0 Å². The third-order valence-corrected chi connectivity index (χ3v) is 4.83. The summed E-state index contributed by atoms with van der Waals surface area (Å²) in [5, 5.41) is 6.71. The molecule has 0 bridgehead atoms. The van der Waals surface area contributed by atoms with Crippen molar-refractivity contribution in [3.05, 3.63) is 29.5 Å². The summed E-state index contributed by atoms with van der Waals surface area (Å²) in [5.41, 5.74) is 1.83. The maximum absolute atomic E-state index is 12.3. The molecule has 2 N–H and O–H groups in total. The van der Waals surface area contributed by atoms with Gasteiger partial charge in [-0.05, 0) is 27.2 Å². The maximum atomic E-state index is 12.3. The van der Waals surface area contributed by atoms with E-state index in [1.807, 2.05) is 20.8 Å². The molecule has 1 atom stereocenters. The van der Waals surface area contributed by atoms with Crippen molar-refractivity contribution in [3.8, 4) is 0 Å². The van der Waals surface area contributed by atoms with Gasteiger partial charge in [0.15, 0.2) is 11.6 Å². The quantitative estimate of drug-likeness (QED) is 0.777. The van der Waals surface area contributed by atoms with Gasteiger partial charge >= 0.3 is 0 Å². The molecule has 1 aliphatic heterocycles. The van der Waals surface area contributed by atoms with Crippen molar-refractivity contribution < 1.29 is 4.79 Å². The monoisotopic (exact) mass is 384 g/mol. The largest absolute Gasteiger partial charge is 0.367 e. The molecule has 1 amide bonds. The zero-order valence-electron chi connectivity index (χ0n) is 17.2. The first-order chi connectivity index (χ1) is 13.4. The Morgan fingerprint density at radius 1 is 1.21 bits per heavy atom. The van der Waals surface area contributed by atoms with Crippen LogP contribution >= 0.6 is 0 Å². The number of nitrogens with zero attached hydrogens (tertiary/aromatic N) is 6. The van der Waals surface area contributed by atoms with E-state index >= 15 is 0 Å². The molecular weight excluding hydrogens is 356 g/mol. The highest BCUT2D eigenvalue weighted by molar-refractivity contribution is 5.90. The summed E-state index contributed by atoms with van der Waals surface area (Å²) < 4.78 is 0. The molecule has 0 saturated carbocycles. The average Bonchev–Trinajstić information content (AvgIpc) is 3.13. The molecule has 0 spiro atoms. The fourth-order valence-electron chi connectivity index (χ4n) is 3.22. The van der Waals surface area contributed by atoms with Crippen LogP contribution in [-0.4, -0.2) is 70.5 Å². The number of hydrogen-bond donors (Lipinski definition) is 2. The molecule has 1 fully saturated rings. The lowest BCUT2D eigenvalue weighted by Gasteiger charge is -2.22. The summed E-state index contributed by atoms with van der Waals surface area (Å²) >= 11 is 0. The molecule has 3 heterocycles. The number of rotatable bonds is 6. The summed E-state index contributed by atoms with van der Waals surface area (Å²) in [5.74, 6) is 2.40. The predicted octanol–water partition coefficient (Wildman–Crippen LogP) is 1.71. The average molecular weight is 384 g/mol. The number of aromatic nitrogens is 4. The molecular formula is C19H28N8O. The lowest BCUT2D eigenvalue weighted by molar-refractivity contribution is 0.0815. The fraction of sp³-hybridized carbons (Fsp3) is 0.526. The van der Waals surface area contributed by atoms with Crippen molar-refractivity contribution in [3.63, 3.8) is 0 Å². The van der Waals surface area contributed by atoms with Gasteiger partial charge in [-0.15, -0.1) is 0 Å². The molecule has 9 nitrogen and oxygen atoms in total. The Hall–Kier alpha value is -2.97. The highest BCUT2D eigenvalue weighted by Gasteiger charge is 2.27. The van der Waals surface area contributed by atoms with E-state index in [0.29, 0.717) is 0 Å². The Morgan fingerprint density at radius 2 is 1.93 bits per heavy atom. The molecule has 2 aromatic rings. The number of amides is 1. The molecule has 150 valence electrons. The second-order valence-electron chi connectivity index (χ2n) is 7.14. The van der Waals surface area contributed by atoms with Gasteiger partial charge < -0.3 is 20.4 Å². The molecule has 0 aliphatic carbocycles. The standard InChI is InChI=1S/C19H28N8O/c1-6-20-15-16(22-9-8-21-15)24-14-7-10-27(11-14)18-12(2)13(3)23-17(25-18)19(28)26(4)5/h8-9,14H,6-7,10-11H2,1-5H3,(H,20,21)(H,22,24)/t14-/m1/s1. The second kappa shape index (κ2) is 8.37. The van der Waals surface area contributed by atoms with Gasteiger partial charge in [0.05, 0.1) is 0 Å². The van der Waals surface area contributed by atoms with Gasteiger partial charge in [0, 0.05) is 63.4 Å². The van der Waals surface area contributed by atoms with Crippen molar-refractivity contribution >= 4 is 23.4 Å². The Morgan fingerprint density at radius 3 is 2.61 bits per heavy atom. The normalized spacial score (nSPS) is 16.2. The first kappa shape index (κ1) is 19.8. The number of hydrogen-bond acceptors (Lipinski definition) is 8. The Kier molecular flexibility index (Phi) is 5.91. The van der Waals surface area contributed by atoms with Crippen LogP contribution in [0.3, 0.4) is 0 Å². The van der Waals surface area contributed by atoms with E-state index in [0.717, 1.165) is 54.8 Å². The van der Waals surface area contributed by atoms with E-state index in [9.17, 15) is 4.79 Å². The van der Waals surface area contributed by atoms with Crippen LogP contribution in [0.4, 0.5) is 17.5 Å². The molecule has 0 aromatic carbocycles. The minimum atomic E-state index is -0.187. The van der Waals surface area contributed by atoms with E-state index in [2.05, 4.69) is 35.5 Å².